The average Bonchev–Trinajstić information content (AvgIpc) is 2.79. The molecule has 0 aromatic carbocycles. The first-order chi connectivity index (χ1) is 7.75. The van der Waals surface area contributed by atoms with Crippen molar-refractivity contribution in [2.45, 2.75) is 26.2 Å². The summed E-state index contributed by atoms with van der Waals surface area (Å²) in [6.45, 7) is 4.96. The van der Waals surface area contributed by atoms with Gasteiger partial charge < -0.3 is 4.90 Å². The minimum absolute atomic E-state index is 0.288. The first-order valence-corrected chi connectivity index (χ1v) is 6.94. The Morgan fingerprint density at radius 1 is 1.62 bits per heavy atom. The number of carbonyl (C=O) groups is 1. The predicted molar refractivity (Wildman–Crippen MR) is 67.9 cm³/mol. The van der Waals surface area contributed by atoms with Crippen LogP contribution in [0.25, 0.3) is 0 Å². The van der Waals surface area contributed by atoms with Gasteiger partial charge in [-0.25, -0.2) is 0 Å². The number of hydrogen-bond donors (Lipinski definition) is 0. The molecule has 1 fully saturated rings. The molecule has 2 heterocycles. The first-order valence-electron chi connectivity index (χ1n) is 5.99. The number of carbonyl (C=O) groups excluding carboxylic acids is 1. The van der Waals surface area contributed by atoms with Crippen LogP contribution in [-0.2, 0) is 11.2 Å². The van der Waals surface area contributed by atoms with Gasteiger partial charge in [0.15, 0.2) is 0 Å². The lowest BCUT2D eigenvalue weighted by Gasteiger charge is -2.31. The second-order valence-corrected chi connectivity index (χ2v) is 5.41. The van der Waals surface area contributed by atoms with E-state index in [0.717, 1.165) is 32.5 Å². The molecule has 16 heavy (non-hydrogen) atoms. The van der Waals surface area contributed by atoms with E-state index in [2.05, 4.69) is 21.7 Å². The van der Waals surface area contributed by atoms with Gasteiger partial charge in [0.1, 0.15) is 5.78 Å². The molecule has 1 aliphatic rings. The molecule has 0 radical (unpaired) electrons. The van der Waals surface area contributed by atoms with E-state index in [-0.39, 0.29) is 5.92 Å². The molecule has 1 saturated heterocycles. The number of piperidine rings is 1. The molecule has 2 rings (SSSR count). The Kier molecular flexibility index (Phi) is 4.13. The number of rotatable bonds is 4. The van der Waals surface area contributed by atoms with Crippen molar-refractivity contribution < 1.29 is 4.79 Å². The summed E-state index contributed by atoms with van der Waals surface area (Å²) >= 11 is 1.76. The van der Waals surface area contributed by atoms with Crippen LogP contribution in [0, 0.1) is 5.92 Å². The summed E-state index contributed by atoms with van der Waals surface area (Å²) in [6, 6.07) is 2.19. The summed E-state index contributed by atoms with van der Waals surface area (Å²) in [5.41, 5.74) is 1.43. The molecular weight excluding hydrogens is 218 g/mol. The highest BCUT2D eigenvalue weighted by Crippen LogP contribution is 2.17. The van der Waals surface area contributed by atoms with Crippen molar-refractivity contribution >= 4 is 17.1 Å². The fourth-order valence-electron chi connectivity index (χ4n) is 2.31. The zero-order chi connectivity index (χ0) is 11.4. The second kappa shape index (κ2) is 5.60. The van der Waals surface area contributed by atoms with E-state index in [1.165, 1.54) is 12.0 Å². The number of hydrogen-bond acceptors (Lipinski definition) is 3. The van der Waals surface area contributed by atoms with Crippen molar-refractivity contribution in [3.05, 3.63) is 22.4 Å². The van der Waals surface area contributed by atoms with E-state index in [1.807, 2.05) is 0 Å². The lowest BCUT2D eigenvalue weighted by atomic mass is 9.94. The molecular formula is C13H19NOS. The van der Waals surface area contributed by atoms with Crippen LogP contribution in [0.5, 0.6) is 0 Å². The van der Waals surface area contributed by atoms with Crippen LogP contribution in [0.15, 0.2) is 16.8 Å². The normalized spacial score (nSPS) is 22.2. The molecule has 1 aliphatic heterocycles. The Morgan fingerprint density at radius 3 is 3.19 bits per heavy atom. The molecule has 1 aromatic rings. The van der Waals surface area contributed by atoms with Crippen LogP contribution in [0.2, 0.25) is 0 Å². The van der Waals surface area contributed by atoms with Crippen LogP contribution in [0.3, 0.4) is 0 Å². The van der Waals surface area contributed by atoms with Gasteiger partial charge >= 0.3 is 0 Å². The van der Waals surface area contributed by atoms with Gasteiger partial charge in [0.2, 0.25) is 0 Å². The molecule has 0 bridgehead atoms. The topological polar surface area (TPSA) is 20.3 Å². The summed E-state index contributed by atoms with van der Waals surface area (Å²) in [4.78, 5) is 13.8. The van der Waals surface area contributed by atoms with Crippen LogP contribution >= 0.6 is 11.3 Å². The van der Waals surface area contributed by atoms with Crippen molar-refractivity contribution in [3.63, 3.8) is 0 Å². The quantitative estimate of drug-likeness (QED) is 0.802. The van der Waals surface area contributed by atoms with Gasteiger partial charge in [-0.2, -0.15) is 11.3 Å². The van der Waals surface area contributed by atoms with Gasteiger partial charge in [0.05, 0.1) is 0 Å². The molecule has 0 spiro atoms. The fourth-order valence-corrected chi connectivity index (χ4v) is 3.02. The predicted octanol–water partition coefficient (Wildman–Crippen LogP) is 2.59. The first kappa shape index (κ1) is 11.8. The lowest BCUT2D eigenvalue weighted by molar-refractivity contribution is -0.122. The van der Waals surface area contributed by atoms with Crippen molar-refractivity contribution in [3.8, 4) is 0 Å². The number of Topliss-reactive ketones (excluding diaryl/α,β-unsaturated/α-hetero) is 1. The van der Waals surface area contributed by atoms with E-state index < -0.39 is 0 Å². The van der Waals surface area contributed by atoms with Crippen molar-refractivity contribution in [1.29, 1.82) is 0 Å². The Hall–Kier alpha value is -0.670. The average molecular weight is 237 g/mol. The summed E-state index contributed by atoms with van der Waals surface area (Å²) in [7, 11) is 0. The smallest absolute Gasteiger partial charge is 0.134 e. The summed E-state index contributed by atoms with van der Waals surface area (Å²) in [5, 5.41) is 4.34. The van der Waals surface area contributed by atoms with Gasteiger partial charge in [0.25, 0.3) is 0 Å². The molecule has 0 saturated carbocycles. The maximum atomic E-state index is 11.4. The molecule has 0 amide bonds. The molecule has 3 heteroatoms. The van der Waals surface area contributed by atoms with E-state index in [1.54, 1.807) is 18.3 Å². The van der Waals surface area contributed by atoms with E-state index in [0.29, 0.717) is 5.78 Å². The highest BCUT2D eigenvalue weighted by atomic mass is 32.1. The van der Waals surface area contributed by atoms with E-state index in [4.69, 9.17) is 0 Å². The van der Waals surface area contributed by atoms with Crippen molar-refractivity contribution in [1.82, 2.24) is 4.90 Å². The summed E-state index contributed by atoms with van der Waals surface area (Å²) in [5.74, 6) is 0.649. The molecule has 0 N–H and O–H groups in total. The second-order valence-electron chi connectivity index (χ2n) is 4.63. The van der Waals surface area contributed by atoms with Crippen LogP contribution in [0.1, 0.15) is 25.3 Å². The van der Waals surface area contributed by atoms with Crippen LogP contribution < -0.4 is 0 Å². The van der Waals surface area contributed by atoms with Crippen molar-refractivity contribution in [2.75, 3.05) is 19.6 Å². The third-order valence-electron chi connectivity index (χ3n) is 3.38. The number of nitrogens with zero attached hydrogens (tertiary/aromatic N) is 1. The minimum Gasteiger partial charge on any atom is -0.302 e. The zero-order valence-corrected chi connectivity index (χ0v) is 10.6. The van der Waals surface area contributed by atoms with E-state index >= 15 is 0 Å². The summed E-state index contributed by atoms with van der Waals surface area (Å²) in [6.07, 6.45) is 3.38. The van der Waals surface area contributed by atoms with Gasteiger partial charge in [-0.1, -0.05) is 0 Å². The number of likely N-dealkylation sites (tertiary alicyclic amines) is 1. The van der Waals surface area contributed by atoms with Gasteiger partial charge in [-0.3, -0.25) is 4.79 Å². The molecule has 1 atom stereocenters. The van der Waals surface area contributed by atoms with Gasteiger partial charge in [-0.05, 0) is 55.1 Å². The maximum Gasteiger partial charge on any atom is 0.134 e. The third kappa shape index (κ3) is 3.16. The number of thiophene rings is 1. The third-order valence-corrected chi connectivity index (χ3v) is 4.11. The maximum absolute atomic E-state index is 11.4. The van der Waals surface area contributed by atoms with Crippen molar-refractivity contribution in [2.24, 2.45) is 5.92 Å². The van der Waals surface area contributed by atoms with Crippen LogP contribution in [0.4, 0.5) is 0 Å². The highest BCUT2D eigenvalue weighted by Gasteiger charge is 2.22. The monoisotopic (exact) mass is 237 g/mol. The Labute approximate surface area is 101 Å². The summed E-state index contributed by atoms with van der Waals surface area (Å²) < 4.78 is 0. The fraction of sp³-hybridized carbons (Fsp3) is 0.615. The Balaban J connectivity index is 1.79. The minimum atomic E-state index is 0.288. The Morgan fingerprint density at radius 2 is 2.50 bits per heavy atom. The van der Waals surface area contributed by atoms with E-state index in [9.17, 15) is 4.79 Å². The molecule has 1 aromatic heterocycles. The SMILES string of the molecule is CC(=O)C1CCCN(CCc2ccsc2)C1. The molecule has 1 unspecified atom stereocenters. The van der Waals surface area contributed by atoms with Gasteiger partial charge in [0, 0.05) is 19.0 Å². The van der Waals surface area contributed by atoms with Crippen LogP contribution in [-0.4, -0.2) is 30.3 Å². The standard InChI is InChI=1S/C13H19NOS/c1-11(15)13-3-2-6-14(9-13)7-4-12-5-8-16-10-12/h5,8,10,13H,2-4,6-7,9H2,1H3. The molecule has 0 aliphatic carbocycles. The number of ketones is 1. The molecule has 88 valence electrons. The largest absolute Gasteiger partial charge is 0.302 e. The van der Waals surface area contributed by atoms with Gasteiger partial charge in [-0.15, -0.1) is 0 Å². The molecule has 2 nitrogen and oxygen atoms in total. The lowest BCUT2D eigenvalue weighted by Crippen LogP contribution is -2.39. The highest BCUT2D eigenvalue weighted by molar-refractivity contribution is 7.07. The Bertz CT molecular complexity index is 334. The zero-order valence-electron chi connectivity index (χ0n) is 9.82.